The SMILES string of the molecule is COc1ccc2nc(NC(=O)c3cccc(S(=O)(=O)Nc4cc(Cl)c(OC)cc4OC)c3)sc2c1. The first kappa shape index (κ1) is 24.6. The van der Waals surface area contributed by atoms with Crippen molar-refractivity contribution < 1.29 is 27.4 Å². The fourth-order valence-electron chi connectivity index (χ4n) is 3.20. The predicted octanol–water partition coefficient (Wildman–Crippen LogP) is 5.03. The fourth-order valence-corrected chi connectivity index (χ4v) is 5.44. The zero-order chi connectivity index (χ0) is 25.2. The molecule has 182 valence electrons. The maximum atomic E-state index is 13.1. The molecule has 1 amide bonds. The Bertz CT molecular complexity index is 1520. The summed E-state index contributed by atoms with van der Waals surface area (Å²) in [5.41, 5.74) is 0.973. The molecular formula is C23H20ClN3O6S2. The maximum absolute atomic E-state index is 13.1. The van der Waals surface area contributed by atoms with Crippen LogP contribution < -0.4 is 24.2 Å². The van der Waals surface area contributed by atoms with Crippen LogP contribution in [0, 0.1) is 0 Å². The molecule has 4 aromatic rings. The quantitative estimate of drug-likeness (QED) is 0.326. The van der Waals surface area contributed by atoms with Gasteiger partial charge in [0.05, 0.1) is 47.2 Å². The molecule has 1 aromatic heterocycles. The number of hydrogen-bond donors (Lipinski definition) is 2. The van der Waals surface area contributed by atoms with E-state index in [4.69, 9.17) is 25.8 Å². The Morgan fingerprint density at radius 2 is 1.74 bits per heavy atom. The molecule has 9 nitrogen and oxygen atoms in total. The summed E-state index contributed by atoms with van der Waals surface area (Å²) in [7, 11) is 0.323. The van der Waals surface area contributed by atoms with E-state index in [0.717, 1.165) is 4.70 Å². The van der Waals surface area contributed by atoms with Crippen molar-refractivity contribution in [3.63, 3.8) is 0 Å². The Labute approximate surface area is 210 Å². The Balaban J connectivity index is 1.57. The summed E-state index contributed by atoms with van der Waals surface area (Å²) in [6.45, 7) is 0. The van der Waals surface area contributed by atoms with Gasteiger partial charge in [-0.1, -0.05) is 29.0 Å². The first-order valence-electron chi connectivity index (χ1n) is 10.0. The van der Waals surface area contributed by atoms with Crippen LogP contribution in [0.15, 0.2) is 59.5 Å². The van der Waals surface area contributed by atoms with Gasteiger partial charge >= 0.3 is 0 Å². The molecule has 0 atom stereocenters. The summed E-state index contributed by atoms with van der Waals surface area (Å²) >= 11 is 7.42. The molecule has 0 unspecified atom stereocenters. The number of rotatable bonds is 8. The topological polar surface area (TPSA) is 116 Å². The molecule has 0 saturated carbocycles. The van der Waals surface area contributed by atoms with Crippen LogP contribution in [0.2, 0.25) is 5.02 Å². The number of ether oxygens (including phenoxy) is 3. The van der Waals surface area contributed by atoms with E-state index in [-0.39, 0.29) is 26.9 Å². The van der Waals surface area contributed by atoms with Crippen molar-refractivity contribution in [3.05, 3.63) is 65.2 Å². The van der Waals surface area contributed by atoms with Crippen LogP contribution in [-0.4, -0.2) is 40.6 Å². The number of amides is 1. The number of nitrogens with one attached hydrogen (secondary N) is 2. The van der Waals surface area contributed by atoms with E-state index in [1.807, 2.05) is 6.07 Å². The monoisotopic (exact) mass is 533 g/mol. The minimum atomic E-state index is -4.08. The Morgan fingerprint density at radius 3 is 2.46 bits per heavy atom. The van der Waals surface area contributed by atoms with Gasteiger partial charge in [0, 0.05) is 11.6 Å². The minimum absolute atomic E-state index is 0.117. The molecule has 12 heteroatoms. The van der Waals surface area contributed by atoms with Gasteiger partial charge in [-0.25, -0.2) is 13.4 Å². The van der Waals surface area contributed by atoms with Crippen molar-refractivity contribution in [1.29, 1.82) is 0 Å². The number of benzene rings is 3. The highest BCUT2D eigenvalue weighted by molar-refractivity contribution is 7.92. The largest absolute Gasteiger partial charge is 0.497 e. The van der Waals surface area contributed by atoms with Crippen molar-refractivity contribution in [2.24, 2.45) is 0 Å². The third-order valence-corrected chi connectivity index (χ3v) is 7.53. The van der Waals surface area contributed by atoms with E-state index >= 15 is 0 Å². The highest BCUT2D eigenvalue weighted by Gasteiger charge is 2.20. The van der Waals surface area contributed by atoms with Crippen LogP contribution in [-0.2, 0) is 10.0 Å². The van der Waals surface area contributed by atoms with Gasteiger partial charge in [-0.05, 0) is 42.5 Å². The molecular weight excluding hydrogens is 514 g/mol. The van der Waals surface area contributed by atoms with Crippen molar-refractivity contribution >= 4 is 59.9 Å². The van der Waals surface area contributed by atoms with Gasteiger partial charge in [0.15, 0.2) is 5.13 Å². The summed E-state index contributed by atoms with van der Waals surface area (Å²) < 4.78 is 45.0. The Kier molecular flexibility index (Phi) is 7.01. The zero-order valence-electron chi connectivity index (χ0n) is 18.8. The third-order valence-electron chi connectivity index (χ3n) is 4.94. The lowest BCUT2D eigenvalue weighted by Crippen LogP contribution is -2.16. The van der Waals surface area contributed by atoms with E-state index in [0.29, 0.717) is 22.1 Å². The Morgan fingerprint density at radius 1 is 0.971 bits per heavy atom. The molecule has 3 aromatic carbocycles. The number of anilines is 2. The first-order chi connectivity index (χ1) is 16.7. The van der Waals surface area contributed by atoms with Gasteiger partial charge in [0.2, 0.25) is 0 Å². The lowest BCUT2D eigenvalue weighted by molar-refractivity contribution is 0.102. The molecule has 0 saturated heterocycles. The zero-order valence-corrected chi connectivity index (χ0v) is 21.2. The summed E-state index contributed by atoms with van der Waals surface area (Å²) in [6, 6.07) is 13.9. The van der Waals surface area contributed by atoms with Crippen LogP contribution in [0.5, 0.6) is 17.2 Å². The summed E-state index contributed by atoms with van der Waals surface area (Å²) in [5, 5.41) is 3.29. The molecule has 0 aliphatic heterocycles. The van der Waals surface area contributed by atoms with Crippen molar-refractivity contribution in [2.45, 2.75) is 4.90 Å². The van der Waals surface area contributed by atoms with E-state index in [9.17, 15) is 13.2 Å². The second-order valence-corrected chi connectivity index (χ2v) is 10.2. The number of thiazole rings is 1. The summed E-state index contributed by atoms with van der Waals surface area (Å²) in [5.74, 6) is 0.729. The third kappa shape index (κ3) is 5.26. The lowest BCUT2D eigenvalue weighted by Gasteiger charge is -2.14. The standard InChI is InChI=1S/C23H20ClN3O6S2/c1-31-14-7-8-17-21(10-14)34-23(25-17)26-22(28)13-5-4-6-15(9-13)35(29,30)27-18-11-16(24)19(32-2)12-20(18)33-3/h4-12,27H,1-3H3,(H,25,26,28). The molecule has 4 rings (SSSR count). The molecule has 1 heterocycles. The van der Waals surface area contributed by atoms with Crippen LogP contribution >= 0.6 is 22.9 Å². The molecule has 2 N–H and O–H groups in total. The molecule has 0 aliphatic carbocycles. The number of aromatic nitrogens is 1. The van der Waals surface area contributed by atoms with E-state index in [1.165, 1.54) is 62.0 Å². The number of carbonyl (C=O) groups is 1. The number of carbonyl (C=O) groups excluding carboxylic acids is 1. The summed E-state index contributed by atoms with van der Waals surface area (Å²) in [6.07, 6.45) is 0. The fraction of sp³-hybridized carbons (Fsp3) is 0.130. The number of nitrogens with zero attached hydrogens (tertiary/aromatic N) is 1. The van der Waals surface area contributed by atoms with Crippen molar-refractivity contribution in [1.82, 2.24) is 4.98 Å². The minimum Gasteiger partial charge on any atom is -0.497 e. The van der Waals surface area contributed by atoms with Gasteiger partial charge in [0.1, 0.15) is 17.2 Å². The van der Waals surface area contributed by atoms with E-state index in [1.54, 1.807) is 19.2 Å². The van der Waals surface area contributed by atoms with Gasteiger partial charge < -0.3 is 14.2 Å². The van der Waals surface area contributed by atoms with Gasteiger partial charge in [-0.15, -0.1) is 0 Å². The van der Waals surface area contributed by atoms with Gasteiger partial charge in [0.25, 0.3) is 15.9 Å². The smallest absolute Gasteiger partial charge is 0.262 e. The normalized spacial score (nSPS) is 11.2. The van der Waals surface area contributed by atoms with E-state index < -0.39 is 15.9 Å². The number of halogens is 1. The molecule has 0 radical (unpaired) electrons. The second-order valence-electron chi connectivity index (χ2n) is 7.13. The van der Waals surface area contributed by atoms with Crippen LogP contribution in [0.25, 0.3) is 10.2 Å². The average molecular weight is 534 g/mol. The van der Waals surface area contributed by atoms with Gasteiger partial charge in [-0.3, -0.25) is 14.8 Å². The van der Waals surface area contributed by atoms with Crippen LogP contribution in [0.3, 0.4) is 0 Å². The average Bonchev–Trinajstić information content (AvgIpc) is 3.25. The number of fused-ring (bicyclic) bond motifs is 1. The number of sulfonamides is 1. The summed E-state index contributed by atoms with van der Waals surface area (Å²) in [4.78, 5) is 17.1. The van der Waals surface area contributed by atoms with Crippen molar-refractivity contribution in [3.8, 4) is 17.2 Å². The molecule has 0 bridgehead atoms. The second kappa shape index (κ2) is 9.98. The molecule has 0 fully saturated rings. The first-order valence-corrected chi connectivity index (χ1v) is 12.7. The lowest BCUT2D eigenvalue weighted by atomic mass is 10.2. The molecule has 0 aliphatic rings. The van der Waals surface area contributed by atoms with Crippen molar-refractivity contribution in [2.75, 3.05) is 31.4 Å². The predicted molar refractivity (Wildman–Crippen MR) is 136 cm³/mol. The Hall–Kier alpha value is -3.54. The molecule has 35 heavy (non-hydrogen) atoms. The number of hydrogen-bond acceptors (Lipinski definition) is 8. The number of methoxy groups -OCH3 is 3. The molecule has 0 spiro atoms. The van der Waals surface area contributed by atoms with Crippen LogP contribution in [0.1, 0.15) is 10.4 Å². The highest BCUT2D eigenvalue weighted by Crippen LogP contribution is 2.37. The maximum Gasteiger partial charge on any atom is 0.262 e. The van der Waals surface area contributed by atoms with Crippen LogP contribution in [0.4, 0.5) is 10.8 Å². The highest BCUT2D eigenvalue weighted by atomic mass is 35.5. The van der Waals surface area contributed by atoms with E-state index in [2.05, 4.69) is 15.0 Å². The van der Waals surface area contributed by atoms with Gasteiger partial charge in [-0.2, -0.15) is 0 Å².